The van der Waals surface area contributed by atoms with Crippen LogP contribution in [0.1, 0.15) is 19.3 Å². The maximum absolute atomic E-state index is 5.41. The predicted octanol–water partition coefficient (Wildman–Crippen LogP) is 1.72. The van der Waals surface area contributed by atoms with Crippen LogP contribution >= 0.6 is 0 Å². The van der Waals surface area contributed by atoms with Crippen molar-refractivity contribution in [3.63, 3.8) is 0 Å². The summed E-state index contributed by atoms with van der Waals surface area (Å²) in [6.07, 6.45) is 7.58. The highest BCUT2D eigenvalue weighted by Crippen LogP contribution is 2.13. The third-order valence-electron chi connectivity index (χ3n) is 1.64. The molecule has 1 atom stereocenters. The van der Waals surface area contributed by atoms with Gasteiger partial charge in [0.05, 0.1) is 19.5 Å². The van der Waals surface area contributed by atoms with Gasteiger partial charge < -0.3 is 9.47 Å². The second-order valence-corrected chi connectivity index (χ2v) is 2.47. The first-order valence-electron chi connectivity index (χ1n) is 3.74. The Bertz CT molecular complexity index is 104. The van der Waals surface area contributed by atoms with Gasteiger partial charge in [-0.05, 0) is 25.3 Å². The molecule has 0 aromatic carbocycles. The highest BCUT2D eigenvalue weighted by atomic mass is 16.5. The first-order chi connectivity index (χ1) is 4.93. The van der Waals surface area contributed by atoms with Crippen LogP contribution in [-0.4, -0.2) is 19.8 Å². The van der Waals surface area contributed by atoms with Gasteiger partial charge >= 0.3 is 0 Å². The molecule has 1 heterocycles. The van der Waals surface area contributed by atoms with E-state index < -0.39 is 0 Å². The normalized spacial score (nSPS) is 27.1. The van der Waals surface area contributed by atoms with Crippen molar-refractivity contribution in [2.24, 2.45) is 0 Å². The molecule has 0 saturated carbocycles. The minimum absolute atomic E-state index is 0.300. The fourth-order valence-corrected chi connectivity index (χ4v) is 1.08. The van der Waals surface area contributed by atoms with E-state index in [1.807, 2.05) is 6.08 Å². The highest BCUT2D eigenvalue weighted by Gasteiger charge is 2.09. The molecule has 0 bridgehead atoms. The van der Waals surface area contributed by atoms with Crippen molar-refractivity contribution in [1.82, 2.24) is 0 Å². The van der Waals surface area contributed by atoms with E-state index in [0.29, 0.717) is 6.10 Å². The van der Waals surface area contributed by atoms with Gasteiger partial charge in [-0.1, -0.05) is 0 Å². The van der Waals surface area contributed by atoms with Crippen molar-refractivity contribution in [2.75, 3.05) is 13.7 Å². The van der Waals surface area contributed by atoms with Crippen LogP contribution in [0, 0.1) is 0 Å². The van der Waals surface area contributed by atoms with E-state index in [1.54, 1.807) is 13.4 Å². The van der Waals surface area contributed by atoms with Crippen molar-refractivity contribution >= 4 is 0 Å². The molecule has 2 nitrogen and oxygen atoms in total. The molecular weight excluding hydrogens is 128 g/mol. The van der Waals surface area contributed by atoms with E-state index >= 15 is 0 Å². The van der Waals surface area contributed by atoms with Gasteiger partial charge in [-0.15, -0.1) is 0 Å². The topological polar surface area (TPSA) is 18.5 Å². The summed E-state index contributed by atoms with van der Waals surface area (Å²) in [7, 11) is 1.65. The molecule has 0 amide bonds. The third kappa shape index (κ3) is 2.40. The number of rotatable bonds is 2. The molecule has 2 heteroatoms. The first-order valence-corrected chi connectivity index (χ1v) is 3.74. The molecule has 1 unspecified atom stereocenters. The Morgan fingerprint density at radius 3 is 3.00 bits per heavy atom. The number of hydrogen-bond acceptors (Lipinski definition) is 2. The molecule has 0 spiro atoms. The summed E-state index contributed by atoms with van der Waals surface area (Å²) < 4.78 is 10.2. The highest BCUT2D eigenvalue weighted by molar-refractivity contribution is 4.85. The zero-order valence-electron chi connectivity index (χ0n) is 6.38. The number of methoxy groups -OCH3 is 1. The van der Waals surface area contributed by atoms with Crippen LogP contribution in [0.5, 0.6) is 0 Å². The van der Waals surface area contributed by atoms with E-state index in [4.69, 9.17) is 9.47 Å². The smallest absolute Gasteiger partial charge is 0.0810 e. The van der Waals surface area contributed by atoms with Crippen LogP contribution in [0.15, 0.2) is 12.3 Å². The molecule has 1 aliphatic rings. The van der Waals surface area contributed by atoms with Gasteiger partial charge in [-0.25, -0.2) is 0 Å². The molecule has 0 radical (unpaired) electrons. The van der Waals surface area contributed by atoms with Crippen molar-refractivity contribution in [3.8, 4) is 0 Å². The van der Waals surface area contributed by atoms with Crippen LogP contribution in [0.2, 0.25) is 0 Å². The van der Waals surface area contributed by atoms with Gasteiger partial charge in [0.25, 0.3) is 0 Å². The van der Waals surface area contributed by atoms with Gasteiger partial charge in [0.2, 0.25) is 0 Å². The van der Waals surface area contributed by atoms with Crippen LogP contribution < -0.4 is 0 Å². The van der Waals surface area contributed by atoms with Crippen molar-refractivity contribution in [2.45, 2.75) is 25.4 Å². The summed E-state index contributed by atoms with van der Waals surface area (Å²) >= 11 is 0. The first kappa shape index (κ1) is 7.61. The lowest BCUT2D eigenvalue weighted by Crippen LogP contribution is -2.16. The molecule has 1 saturated heterocycles. The molecular formula is C8H14O2. The number of hydrogen-bond donors (Lipinski definition) is 0. The van der Waals surface area contributed by atoms with Gasteiger partial charge in [0, 0.05) is 6.61 Å². The SMILES string of the molecule is CO/C=C/C1CCCCO1. The largest absolute Gasteiger partial charge is 0.505 e. The Labute approximate surface area is 61.8 Å². The fraction of sp³-hybridized carbons (Fsp3) is 0.750. The fourth-order valence-electron chi connectivity index (χ4n) is 1.08. The molecule has 1 rings (SSSR count). The van der Waals surface area contributed by atoms with Crippen LogP contribution in [0.4, 0.5) is 0 Å². The predicted molar refractivity (Wildman–Crippen MR) is 39.7 cm³/mol. The van der Waals surface area contributed by atoms with Crippen molar-refractivity contribution in [3.05, 3.63) is 12.3 Å². The third-order valence-corrected chi connectivity index (χ3v) is 1.64. The van der Waals surface area contributed by atoms with Crippen LogP contribution in [0.25, 0.3) is 0 Å². The van der Waals surface area contributed by atoms with E-state index in [2.05, 4.69) is 0 Å². The molecule has 0 N–H and O–H groups in total. The van der Waals surface area contributed by atoms with E-state index in [-0.39, 0.29) is 0 Å². The minimum atomic E-state index is 0.300. The second-order valence-electron chi connectivity index (χ2n) is 2.47. The van der Waals surface area contributed by atoms with Crippen molar-refractivity contribution < 1.29 is 9.47 Å². The van der Waals surface area contributed by atoms with E-state index in [9.17, 15) is 0 Å². The summed E-state index contributed by atoms with van der Waals surface area (Å²) in [4.78, 5) is 0. The van der Waals surface area contributed by atoms with E-state index in [0.717, 1.165) is 13.0 Å². The standard InChI is InChI=1S/C8H14O2/c1-9-7-5-8-4-2-3-6-10-8/h5,7-8H,2-4,6H2,1H3/b7-5+. The Hall–Kier alpha value is -0.500. The minimum Gasteiger partial charge on any atom is -0.505 e. The van der Waals surface area contributed by atoms with Crippen LogP contribution in [0.3, 0.4) is 0 Å². The molecule has 1 fully saturated rings. The Morgan fingerprint density at radius 2 is 2.40 bits per heavy atom. The lowest BCUT2D eigenvalue weighted by atomic mass is 10.1. The summed E-state index contributed by atoms with van der Waals surface area (Å²) in [5, 5.41) is 0. The Morgan fingerprint density at radius 1 is 1.50 bits per heavy atom. The summed E-state index contributed by atoms with van der Waals surface area (Å²) in [6.45, 7) is 0.902. The molecule has 10 heavy (non-hydrogen) atoms. The zero-order chi connectivity index (χ0) is 7.23. The average Bonchev–Trinajstić information content (AvgIpc) is 2.03. The molecule has 0 aliphatic carbocycles. The summed E-state index contributed by atoms with van der Waals surface area (Å²) in [5.74, 6) is 0. The lowest BCUT2D eigenvalue weighted by molar-refractivity contribution is 0.0451. The van der Waals surface area contributed by atoms with Crippen molar-refractivity contribution in [1.29, 1.82) is 0 Å². The quantitative estimate of drug-likeness (QED) is 0.546. The van der Waals surface area contributed by atoms with E-state index in [1.165, 1.54) is 12.8 Å². The average molecular weight is 142 g/mol. The maximum Gasteiger partial charge on any atom is 0.0810 e. The van der Waals surface area contributed by atoms with Gasteiger partial charge in [0.15, 0.2) is 0 Å². The van der Waals surface area contributed by atoms with Crippen LogP contribution in [-0.2, 0) is 9.47 Å². The van der Waals surface area contributed by atoms with Gasteiger partial charge in [-0.3, -0.25) is 0 Å². The second kappa shape index (κ2) is 4.34. The summed E-state index contributed by atoms with van der Waals surface area (Å²) in [5.41, 5.74) is 0. The maximum atomic E-state index is 5.41. The molecule has 1 aliphatic heterocycles. The summed E-state index contributed by atoms with van der Waals surface area (Å²) in [6, 6.07) is 0. The molecule has 58 valence electrons. The molecule has 0 aromatic heterocycles. The monoisotopic (exact) mass is 142 g/mol. The van der Waals surface area contributed by atoms with Gasteiger partial charge in [0.1, 0.15) is 0 Å². The lowest BCUT2D eigenvalue weighted by Gasteiger charge is -2.18. The Balaban J connectivity index is 2.19. The zero-order valence-corrected chi connectivity index (χ0v) is 6.38. The number of ether oxygens (including phenoxy) is 2. The Kier molecular flexibility index (Phi) is 3.30. The molecule has 0 aromatic rings. The van der Waals surface area contributed by atoms with Gasteiger partial charge in [-0.2, -0.15) is 0 Å².